The summed E-state index contributed by atoms with van der Waals surface area (Å²) in [7, 11) is -4.03. The van der Waals surface area contributed by atoms with Gasteiger partial charge < -0.3 is 19.8 Å². The lowest BCUT2D eigenvalue weighted by molar-refractivity contribution is -0.144. The van der Waals surface area contributed by atoms with Crippen LogP contribution in [0.15, 0.2) is 59.5 Å². The fourth-order valence-corrected chi connectivity index (χ4v) is 5.49. The van der Waals surface area contributed by atoms with Gasteiger partial charge in [0.15, 0.2) is 0 Å². The number of piperidine rings is 1. The third-order valence-electron chi connectivity index (χ3n) is 5.97. The highest BCUT2D eigenvalue weighted by Gasteiger charge is 2.38. The van der Waals surface area contributed by atoms with E-state index in [9.17, 15) is 23.1 Å². The molecule has 0 aliphatic carbocycles. The second-order valence-corrected chi connectivity index (χ2v) is 10.1. The normalized spacial score (nSPS) is 18.4. The molecule has 184 valence electrons. The first-order valence-corrected chi connectivity index (χ1v) is 12.4. The maximum atomic E-state index is 12.9. The number of rotatable bonds is 7. The van der Waals surface area contributed by atoms with E-state index in [1.807, 2.05) is 37.3 Å². The highest BCUT2D eigenvalue weighted by molar-refractivity contribution is 7.89. The Hall–Kier alpha value is -3.70. The van der Waals surface area contributed by atoms with Gasteiger partial charge in [0.2, 0.25) is 10.0 Å². The minimum absolute atomic E-state index is 0.0418. The van der Waals surface area contributed by atoms with Crippen LogP contribution < -0.4 is 9.46 Å². The molecule has 0 spiro atoms. The molecule has 1 aliphatic heterocycles. The number of carboxylic acid groups (broad SMARTS) is 2. The van der Waals surface area contributed by atoms with E-state index in [2.05, 4.69) is 9.71 Å². The number of sulfonamides is 1. The van der Waals surface area contributed by atoms with Crippen LogP contribution in [0.3, 0.4) is 0 Å². The van der Waals surface area contributed by atoms with Crippen molar-refractivity contribution in [2.75, 3.05) is 13.1 Å². The molecule has 3 aromatic rings. The molecule has 1 aliphatic rings. The monoisotopic (exact) mass is 499 g/mol. The number of carboxylic acids is 1. The van der Waals surface area contributed by atoms with Gasteiger partial charge in [0.1, 0.15) is 12.4 Å². The van der Waals surface area contributed by atoms with Crippen molar-refractivity contribution in [1.82, 2.24) is 14.6 Å². The van der Waals surface area contributed by atoms with Crippen LogP contribution in [0.2, 0.25) is 0 Å². The molecule has 1 saturated heterocycles. The Labute approximate surface area is 202 Å². The first-order valence-electron chi connectivity index (χ1n) is 10.9. The lowest BCUT2D eigenvalue weighted by Crippen LogP contribution is -2.54. The highest BCUT2D eigenvalue weighted by Crippen LogP contribution is 2.24. The van der Waals surface area contributed by atoms with E-state index in [1.54, 1.807) is 0 Å². The van der Waals surface area contributed by atoms with Crippen molar-refractivity contribution in [3.05, 3.63) is 65.9 Å². The second-order valence-electron chi connectivity index (χ2n) is 8.39. The molecule has 0 saturated carbocycles. The predicted molar refractivity (Wildman–Crippen MR) is 127 cm³/mol. The minimum Gasteiger partial charge on any atom is -0.489 e. The lowest BCUT2D eigenvalue weighted by atomic mass is 9.93. The first kappa shape index (κ1) is 24.4. The second kappa shape index (κ2) is 9.88. The molecule has 0 radical (unpaired) electrons. The molecule has 10 nitrogen and oxygen atoms in total. The number of hydrogen-bond donors (Lipinski definition) is 3. The third-order valence-corrected chi connectivity index (χ3v) is 7.47. The van der Waals surface area contributed by atoms with Crippen molar-refractivity contribution in [3.8, 4) is 5.75 Å². The third kappa shape index (κ3) is 5.52. The molecular weight excluding hydrogens is 474 g/mol. The van der Waals surface area contributed by atoms with Crippen molar-refractivity contribution >= 4 is 33.0 Å². The quantitative estimate of drug-likeness (QED) is 0.450. The van der Waals surface area contributed by atoms with E-state index >= 15 is 0 Å². The number of likely N-dealkylation sites (tertiary alicyclic amines) is 1. The zero-order valence-corrected chi connectivity index (χ0v) is 19.7. The number of nitrogens with zero attached hydrogens (tertiary/aromatic N) is 2. The van der Waals surface area contributed by atoms with Crippen LogP contribution >= 0.6 is 0 Å². The van der Waals surface area contributed by atoms with Crippen LogP contribution in [0.5, 0.6) is 5.75 Å². The Kier molecular flexibility index (Phi) is 6.90. The van der Waals surface area contributed by atoms with E-state index < -0.39 is 34.0 Å². The number of benzene rings is 2. The van der Waals surface area contributed by atoms with Gasteiger partial charge in [-0.05, 0) is 49.7 Å². The Morgan fingerprint density at radius 3 is 2.54 bits per heavy atom. The average molecular weight is 500 g/mol. The van der Waals surface area contributed by atoms with Crippen molar-refractivity contribution in [2.45, 2.75) is 30.9 Å². The molecular formula is C24H25N3O7S. The molecule has 0 bridgehead atoms. The number of aromatic nitrogens is 1. The largest absolute Gasteiger partial charge is 0.489 e. The van der Waals surface area contributed by atoms with Gasteiger partial charge in [-0.1, -0.05) is 18.2 Å². The Morgan fingerprint density at radius 1 is 1.14 bits per heavy atom. The minimum atomic E-state index is -4.03. The smallest absolute Gasteiger partial charge is 0.407 e. The van der Waals surface area contributed by atoms with Gasteiger partial charge in [-0.2, -0.15) is 0 Å². The van der Waals surface area contributed by atoms with Crippen LogP contribution in [0.1, 0.15) is 17.7 Å². The molecule has 2 atom stereocenters. The number of para-hydroxylation sites is 1. The molecule has 4 rings (SSSR count). The zero-order valence-electron chi connectivity index (χ0n) is 18.9. The summed E-state index contributed by atoms with van der Waals surface area (Å²) in [5.41, 5.74) is 2.69. The molecule has 2 heterocycles. The summed E-state index contributed by atoms with van der Waals surface area (Å²) in [6.45, 7) is 1.94. The molecule has 1 amide bonds. The Morgan fingerprint density at radius 2 is 1.86 bits per heavy atom. The van der Waals surface area contributed by atoms with E-state index in [1.165, 1.54) is 24.3 Å². The number of fused-ring (bicyclic) bond motifs is 1. The van der Waals surface area contributed by atoms with Gasteiger partial charge in [-0.3, -0.25) is 9.78 Å². The molecule has 1 aromatic heterocycles. The summed E-state index contributed by atoms with van der Waals surface area (Å²) >= 11 is 0. The van der Waals surface area contributed by atoms with Crippen LogP contribution in [-0.2, 0) is 21.4 Å². The van der Waals surface area contributed by atoms with Crippen molar-refractivity contribution in [1.29, 1.82) is 0 Å². The van der Waals surface area contributed by atoms with E-state index in [4.69, 9.17) is 9.84 Å². The fourth-order valence-electron chi connectivity index (χ4n) is 4.17. The van der Waals surface area contributed by atoms with Crippen molar-refractivity contribution in [2.24, 2.45) is 5.92 Å². The van der Waals surface area contributed by atoms with Gasteiger partial charge in [0.05, 0.1) is 16.3 Å². The first-order chi connectivity index (χ1) is 16.6. The highest BCUT2D eigenvalue weighted by atomic mass is 32.2. The van der Waals surface area contributed by atoms with Gasteiger partial charge in [-0.15, -0.1) is 0 Å². The standard InChI is InChI=1S/C24H25N3O7S/c1-15-12-16(19-4-2-3-5-21(19)25-15)14-34-17-6-8-18(9-7-17)35(32,33)26-22-10-11-27(24(30)31)13-20(22)23(28)29/h2-9,12,20,22,26H,10-11,13-14H2,1H3,(H,28,29)(H,30,31). The number of aryl methyl sites for hydroxylation is 1. The van der Waals surface area contributed by atoms with Crippen molar-refractivity contribution in [3.63, 3.8) is 0 Å². The zero-order chi connectivity index (χ0) is 25.2. The number of amides is 1. The van der Waals surface area contributed by atoms with Crippen molar-refractivity contribution < 1.29 is 33.0 Å². The Bertz CT molecular complexity index is 1360. The number of hydrogen-bond acceptors (Lipinski definition) is 6. The maximum absolute atomic E-state index is 12.9. The summed E-state index contributed by atoms with van der Waals surface area (Å²) in [4.78, 5) is 28.2. The van der Waals surface area contributed by atoms with E-state index in [0.29, 0.717) is 5.75 Å². The van der Waals surface area contributed by atoms with E-state index in [-0.39, 0.29) is 31.0 Å². The summed E-state index contributed by atoms with van der Waals surface area (Å²) < 4.78 is 34.1. The SMILES string of the molecule is Cc1cc(COc2ccc(S(=O)(=O)NC3CCN(C(=O)O)CC3C(=O)O)cc2)c2ccccc2n1. The number of carbonyl (C=O) groups is 2. The van der Waals surface area contributed by atoms with Crippen LogP contribution in [0.25, 0.3) is 10.9 Å². The Balaban J connectivity index is 1.44. The van der Waals surface area contributed by atoms with Crippen LogP contribution in [0.4, 0.5) is 4.79 Å². The lowest BCUT2D eigenvalue weighted by Gasteiger charge is -2.35. The van der Waals surface area contributed by atoms with Gasteiger partial charge in [0.25, 0.3) is 0 Å². The van der Waals surface area contributed by atoms with Gasteiger partial charge in [0, 0.05) is 35.8 Å². The van der Waals surface area contributed by atoms with E-state index in [0.717, 1.165) is 27.1 Å². The summed E-state index contributed by atoms with van der Waals surface area (Å²) in [5, 5.41) is 19.6. The maximum Gasteiger partial charge on any atom is 0.407 e. The van der Waals surface area contributed by atoms with Crippen LogP contribution in [0, 0.1) is 12.8 Å². The number of ether oxygens (including phenoxy) is 1. The summed E-state index contributed by atoms with van der Waals surface area (Å²) in [6.07, 6.45) is -1.17. The molecule has 2 aromatic carbocycles. The van der Waals surface area contributed by atoms with Gasteiger partial charge in [-0.25, -0.2) is 17.9 Å². The topological polar surface area (TPSA) is 146 Å². The molecule has 11 heteroatoms. The van der Waals surface area contributed by atoms with Crippen LogP contribution in [-0.4, -0.2) is 59.7 Å². The summed E-state index contributed by atoms with van der Waals surface area (Å²) in [5.74, 6) is -1.97. The number of aliphatic carboxylic acids is 1. The number of pyridine rings is 1. The predicted octanol–water partition coefficient (Wildman–Crippen LogP) is 2.85. The molecule has 3 N–H and O–H groups in total. The molecule has 1 fully saturated rings. The molecule has 35 heavy (non-hydrogen) atoms. The summed E-state index contributed by atoms with van der Waals surface area (Å²) in [6, 6.07) is 14.6. The number of nitrogens with one attached hydrogen (secondary N) is 1. The average Bonchev–Trinajstić information content (AvgIpc) is 2.82. The van der Waals surface area contributed by atoms with Gasteiger partial charge >= 0.3 is 12.1 Å². The molecule has 2 unspecified atom stereocenters. The fraction of sp³-hybridized carbons (Fsp3) is 0.292.